The maximum atomic E-state index is 9.76. The monoisotopic (exact) mass is 240 g/mol. The largest absolute Gasteiger partial charge is 0.206 e. The number of rotatable bonds is 6. The van der Waals surface area contributed by atoms with Crippen molar-refractivity contribution in [2.45, 2.75) is 6.42 Å². The molecule has 0 aliphatic rings. The maximum absolute atomic E-state index is 9.76. The van der Waals surface area contributed by atoms with Crippen LogP contribution in [0, 0.1) is 20.5 Å². The minimum atomic E-state index is -4.52. The third kappa shape index (κ3) is 12.3. The normalized spacial score (nSPS) is 13.4. The Balaban J connectivity index is 3.28. The highest BCUT2D eigenvalue weighted by atomic mass is 35.7. The van der Waals surface area contributed by atoms with Gasteiger partial charge in [0.25, 0.3) is 0 Å². The molecule has 0 spiro atoms. The van der Waals surface area contributed by atoms with Crippen molar-refractivity contribution in [3.63, 3.8) is 0 Å². The molecular weight excluding hydrogens is 235 g/mol. The van der Waals surface area contributed by atoms with Crippen molar-refractivity contribution in [1.82, 2.24) is 0 Å². The van der Waals surface area contributed by atoms with Gasteiger partial charge in [-0.2, -0.15) is 28.0 Å². The zero-order valence-corrected chi connectivity index (χ0v) is 7.66. The molecule has 0 bridgehead atoms. The Kier molecular flexibility index (Phi) is 5.32. The van der Waals surface area contributed by atoms with Crippen LogP contribution in [0.4, 0.5) is 0 Å². The molecular formula is C3H6Cl2O8. The summed E-state index contributed by atoms with van der Waals surface area (Å²) in [5, 5.41) is 0. The van der Waals surface area contributed by atoms with Gasteiger partial charge in [0.2, 0.25) is 13.2 Å². The molecule has 0 unspecified atom stereocenters. The average Bonchev–Trinajstić information content (AvgIpc) is 1.81. The van der Waals surface area contributed by atoms with Crippen LogP contribution >= 0.6 is 0 Å². The SMILES string of the molecule is [O-][Cl+3]([O-])([O-])OCCCO[Cl+3]([O-])([O-])[O-]. The summed E-state index contributed by atoms with van der Waals surface area (Å²) in [6.07, 6.45) is -0.205. The second-order valence-corrected chi connectivity index (χ2v) is 3.68. The zero-order chi connectivity index (χ0) is 10.5. The molecule has 0 rings (SSSR count). The standard InChI is InChI=1S/C3H6Cl2O8/c6-4(7,8)12-2-1-3-13-5(9,10)11/h1-3H2. The first-order valence-electron chi connectivity index (χ1n) is 2.81. The van der Waals surface area contributed by atoms with E-state index in [0.717, 1.165) is 0 Å². The topological polar surface area (TPSA) is 157 Å². The fourth-order valence-electron chi connectivity index (χ4n) is 0.357. The lowest BCUT2D eigenvalue weighted by molar-refractivity contribution is -1.92. The molecule has 0 N–H and O–H groups in total. The van der Waals surface area contributed by atoms with Gasteiger partial charge in [-0.05, 0) is 0 Å². The molecule has 8 nitrogen and oxygen atoms in total. The quantitative estimate of drug-likeness (QED) is 0.415. The maximum Gasteiger partial charge on any atom is 0.206 e. The van der Waals surface area contributed by atoms with E-state index < -0.39 is 33.7 Å². The van der Waals surface area contributed by atoms with E-state index in [4.69, 9.17) is 0 Å². The Labute approximate surface area is 77.4 Å². The van der Waals surface area contributed by atoms with Crippen molar-refractivity contribution >= 4 is 0 Å². The summed E-state index contributed by atoms with van der Waals surface area (Å²) >= 11 is 0. The first kappa shape index (κ1) is 13.3. The van der Waals surface area contributed by atoms with Gasteiger partial charge in [0, 0.05) is 6.42 Å². The molecule has 0 aliphatic heterocycles. The van der Waals surface area contributed by atoms with Crippen LogP contribution in [0.1, 0.15) is 6.42 Å². The fraction of sp³-hybridized carbons (Fsp3) is 1.00. The van der Waals surface area contributed by atoms with Crippen LogP contribution in [0.3, 0.4) is 0 Å². The van der Waals surface area contributed by atoms with Gasteiger partial charge in [0.15, 0.2) is 0 Å². The van der Waals surface area contributed by atoms with Crippen LogP contribution in [-0.2, 0) is 8.58 Å². The highest BCUT2D eigenvalue weighted by Gasteiger charge is 2.20. The Morgan fingerprint density at radius 2 is 1.00 bits per heavy atom. The summed E-state index contributed by atoms with van der Waals surface area (Å²) in [5.74, 6) is 0. The van der Waals surface area contributed by atoms with Crippen molar-refractivity contribution in [3.8, 4) is 0 Å². The summed E-state index contributed by atoms with van der Waals surface area (Å²) in [5.41, 5.74) is 0. The van der Waals surface area contributed by atoms with Crippen LogP contribution < -0.4 is 28.0 Å². The molecule has 0 saturated carbocycles. The van der Waals surface area contributed by atoms with Gasteiger partial charge in [-0.25, -0.2) is 0 Å². The lowest BCUT2D eigenvalue weighted by atomic mass is 10.5. The van der Waals surface area contributed by atoms with E-state index in [0.29, 0.717) is 0 Å². The number of hydrogen-bond acceptors (Lipinski definition) is 8. The van der Waals surface area contributed by atoms with E-state index in [2.05, 4.69) is 8.58 Å². The predicted octanol–water partition coefficient (Wildman–Crippen LogP) is -6.80. The van der Waals surface area contributed by atoms with E-state index in [1.54, 1.807) is 0 Å². The summed E-state index contributed by atoms with van der Waals surface area (Å²) in [7, 11) is -9.04. The van der Waals surface area contributed by atoms with E-state index >= 15 is 0 Å². The molecule has 80 valence electrons. The Hall–Kier alpha value is 0.260. The second kappa shape index (κ2) is 5.22. The van der Waals surface area contributed by atoms with Gasteiger partial charge in [0.1, 0.15) is 0 Å². The van der Waals surface area contributed by atoms with Gasteiger partial charge < -0.3 is 0 Å². The van der Waals surface area contributed by atoms with E-state index in [-0.39, 0.29) is 6.42 Å². The second-order valence-electron chi connectivity index (χ2n) is 1.74. The molecule has 0 aromatic rings. The molecule has 0 atom stereocenters. The van der Waals surface area contributed by atoms with Crippen molar-refractivity contribution in [2.75, 3.05) is 13.2 Å². The van der Waals surface area contributed by atoms with Crippen molar-refractivity contribution in [3.05, 3.63) is 0 Å². The average molecular weight is 241 g/mol. The third-order valence-corrected chi connectivity index (χ3v) is 1.55. The minimum Gasteiger partial charge on any atom is -0.183 e. The van der Waals surface area contributed by atoms with Crippen LogP contribution in [0.5, 0.6) is 0 Å². The molecule has 0 amide bonds. The summed E-state index contributed by atoms with van der Waals surface area (Å²) in [4.78, 5) is 0. The minimum absolute atomic E-state index is 0.205. The van der Waals surface area contributed by atoms with Crippen molar-refractivity contribution in [1.29, 1.82) is 0 Å². The molecule has 13 heavy (non-hydrogen) atoms. The fourth-order valence-corrected chi connectivity index (χ4v) is 0.953. The Morgan fingerprint density at radius 3 is 1.23 bits per heavy atom. The summed E-state index contributed by atoms with van der Waals surface area (Å²) in [6, 6.07) is 0. The molecule has 0 heterocycles. The summed E-state index contributed by atoms with van der Waals surface area (Å²) in [6.45, 7) is -1.09. The highest BCUT2D eigenvalue weighted by Crippen LogP contribution is 1.94. The van der Waals surface area contributed by atoms with Gasteiger partial charge in [0.05, 0.1) is 29.1 Å². The molecule has 0 aromatic heterocycles. The first-order valence-corrected chi connectivity index (χ1v) is 5.28. The van der Waals surface area contributed by atoms with Crippen molar-refractivity contribution < 1.29 is 57.0 Å². The molecule has 0 aliphatic carbocycles. The Morgan fingerprint density at radius 1 is 0.692 bits per heavy atom. The van der Waals surface area contributed by atoms with Crippen molar-refractivity contribution in [2.24, 2.45) is 0 Å². The summed E-state index contributed by atoms with van der Waals surface area (Å²) < 4.78 is 65.9. The molecule has 0 aromatic carbocycles. The predicted molar refractivity (Wildman–Crippen MR) is 16.5 cm³/mol. The molecule has 0 radical (unpaired) electrons. The number of halogens is 2. The van der Waals surface area contributed by atoms with Gasteiger partial charge in [-0.1, -0.05) is 0 Å². The third-order valence-electron chi connectivity index (χ3n) is 0.710. The smallest absolute Gasteiger partial charge is 0.183 e. The molecule has 0 fully saturated rings. The zero-order valence-electron chi connectivity index (χ0n) is 6.14. The highest BCUT2D eigenvalue weighted by molar-refractivity contribution is 4.25. The lowest BCUT2D eigenvalue weighted by Crippen LogP contribution is -2.61. The Bertz CT molecular complexity index is 121. The lowest BCUT2D eigenvalue weighted by Gasteiger charge is -2.13. The van der Waals surface area contributed by atoms with Gasteiger partial charge in [-0.15, -0.1) is 0 Å². The van der Waals surface area contributed by atoms with Gasteiger partial charge >= 0.3 is 0 Å². The van der Waals surface area contributed by atoms with E-state index in [1.807, 2.05) is 0 Å². The van der Waals surface area contributed by atoms with Crippen LogP contribution in [-0.4, -0.2) is 13.2 Å². The van der Waals surface area contributed by atoms with Gasteiger partial charge in [-0.3, -0.25) is 0 Å². The molecule has 0 saturated heterocycles. The number of hydrogen-bond donors (Lipinski definition) is 0. The van der Waals surface area contributed by atoms with Crippen LogP contribution in [0.2, 0.25) is 0 Å². The molecule has 10 heteroatoms. The first-order chi connectivity index (χ1) is 5.71. The van der Waals surface area contributed by atoms with Crippen LogP contribution in [0.15, 0.2) is 0 Å². The van der Waals surface area contributed by atoms with Crippen LogP contribution in [0.25, 0.3) is 0 Å². The van der Waals surface area contributed by atoms with E-state index in [9.17, 15) is 28.0 Å². The van der Waals surface area contributed by atoms with E-state index in [1.165, 1.54) is 0 Å².